The van der Waals surface area contributed by atoms with Crippen LogP contribution in [0.1, 0.15) is 38.7 Å². The molecule has 164 valence electrons. The second kappa shape index (κ2) is 9.86. The highest BCUT2D eigenvalue weighted by atomic mass is 16.5. The molecule has 0 amide bonds. The van der Waals surface area contributed by atoms with Crippen LogP contribution >= 0.6 is 0 Å². The number of carbonyl (C=O) groups excluding carboxylic acids is 2. The number of rotatable bonds is 7. The lowest BCUT2D eigenvalue weighted by Crippen LogP contribution is -2.56. The van der Waals surface area contributed by atoms with Crippen molar-refractivity contribution in [2.45, 2.75) is 58.0 Å². The van der Waals surface area contributed by atoms with Crippen LogP contribution in [-0.4, -0.2) is 61.7 Å². The van der Waals surface area contributed by atoms with E-state index in [4.69, 9.17) is 14.2 Å². The minimum Gasteiger partial charge on any atom is -0.468 e. The molecule has 1 aromatic rings. The molecule has 3 rings (SSSR count). The molecular weight excluding hydrogens is 382 g/mol. The van der Waals surface area contributed by atoms with Crippen molar-refractivity contribution in [3.05, 3.63) is 48.0 Å². The van der Waals surface area contributed by atoms with Gasteiger partial charge >= 0.3 is 5.97 Å². The van der Waals surface area contributed by atoms with Crippen LogP contribution in [0.2, 0.25) is 0 Å². The molecular formula is C24H33NO5. The van der Waals surface area contributed by atoms with E-state index >= 15 is 0 Å². The number of methoxy groups -OCH3 is 1. The molecule has 2 saturated heterocycles. The summed E-state index contributed by atoms with van der Waals surface area (Å²) in [4.78, 5) is 27.6. The average molecular weight is 416 g/mol. The van der Waals surface area contributed by atoms with E-state index < -0.39 is 23.6 Å². The SMILES string of the molecule is C=C1C(=O)[C@](C)(C(=O)OC)[C@@H](CCN2CCC(OCc3ccccc3)CC2)O[C@H]1C. The summed E-state index contributed by atoms with van der Waals surface area (Å²) in [5.74, 6) is -0.829. The van der Waals surface area contributed by atoms with Crippen molar-refractivity contribution in [3.63, 3.8) is 0 Å². The van der Waals surface area contributed by atoms with Crippen LogP contribution in [-0.2, 0) is 30.4 Å². The van der Waals surface area contributed by atoms with Gasteiger partial charge < -0.3 is 19.1 Å². The third kappa shape index (κ3) is 4.82. The van der Waals surface area contributed by atoms with Crippen LogP contribution in [0.5, 0.6) is 0 Å². The number of benzene rings is 1. The van der Waals surface area contributed by atoms with Crippen molar-refractivity contribution in [2.24, 2.45) is 5.41 Å². The van der Waals surface area contributed by atoms with Crippen LogP contribution < -0.4 is 0 Å². The second-order valence-corrected chi connectivity index (χ2v) is 8.44. The molecule has 0 aliphatic carbocycles. The average Bonchev–Trinajstić information content (AvgIpc) is 2.78. The first-order valence-electron chi connectivity index (χ1n) is 10.7. The number of esters is 1. The number of likely N-dealkylation sites (tertiary alicyclic amines) is 1. The molecule has 6 nitrogen and oxygen atoms in total. The Morgan fingerprint density at radius 2 is 1.93 bits per heavy atom. The minimum absolute atomic E-state index is 0.262. The molecule has 0 radical (unpaired) electrons. The topological polar surface area (TPSA) is 65.1 Å². The first-order valence-corrected chi connectivity index (χ1v) is 10.7. The van der Waals surface area contributed by atoms with Gasteiger partial charge in [-0.3, -0.25) is 9.59 Å². The summed E-state index contributed by atoms with van der Waals surface area (Å²) in [5, 5.41) is 0. The Hall–Kier alpha value is -2.02. The molecule has 0 bridgehead atoms. The molecule has 0 saturated carbocycles. The van der Waals surface area contributed by atoms with Gasteiger partial charge in [-0.1, -0.05) is 36.9 Å². The number of hydrogen-bond donors (Lipinski definition) is 0. The Labute approximate surface area is 179 Å². The maximum Gasteiger partial charge on any atom is 0.322 e. The van der Waals surface area contributed by atoms with E-state index in [9.17, 15) is 9.59 Å². The first-order chi connectivity index (χ1) is 14.4. The summed E-state index contributed by atoms with van der Waals surface area (Å²) < 4.78 is 17.0. The van der Waals surface area contributed by atoms with Crippen molar-refractivity contribution >= 4 is 11.8 Å². The third-order valence-electron chi connectivity index (χ3n) is 6.45. The molecule has 0 aromatic heterocycles. The third-order valence-corrected chi connectivity index (χ3v) is 6.45. The predicted molar refractivity (Wildman–Crippen MR) is 114 cm³/mol. The molecule has 0 N–H and O–H groups in total. The van der Waals surface area contributed by atoms with Crippen molar-refractivity contribution < 1.29 is 23.8 Å². The highest BCUT2D eigenvalue weighted by Crippen LogP contribution is 2.38. The molecule has 2 aliphatic heterocycles. The number of nitrogens with zero attached hydrogens (tertiary/aromatic N) is 1. The Kier molecular flexibility index (Phi) is 7.45. The molecule has 0 unspecified atom stereocenters. The van der Waals surface area contributed by atoms with Gasteiger partial charge in [-0.25, -0.2) is 0 Å². The maximum absolute atomic E-state index is 12.8. The van der Waals surface area contributed by atoms with E-state index in [2.05, 4.69) is 23.6 Å². The van der Waals surface area contributed by atoms with E-state index in [0.717, 1.165) is 32.5 Å². The zero-order chi connectivity index (χ0) is 21.7. The predicted octanol–water partition coefficient (Wildman–Crippen LogP) is 3.15. The summed E-state index contributed by atoms with van der Waals surface area (Å²) in [5.41, 5.74) is 0.183. The fourth-order valence-corrected chi connectivity index (χ4v) is 4.31. The van der Waals surface area contributed by atoms with Crippen molar-refractivity contribution in [1.29, 1.82) is 0 Å². The molecule has 1 aromatic carbocycles. The fraction of sp³-hybridized carbons (Fsp3) is 0.583. The summed E-state index contributed by atoms with van der Waals surface area (Å²) in [6.45, 7) is 10.5. The lowest BCUT2D eigenvalue weighted by molar-refractivity contribution is -0.175. The van der Waals surface area contributed by atoms with Gasteiger partial charge in [0.2, 0.25) is 0 Å². The normalized spacial score (nSPS) is 28.5. The van der Waals surface area contributed by atoms with Gasteiger partial charge in [0.15, 0.2) is 11.2 Å². The Morgan fingerprint density at radius 3 is 2.57 bits per heavy atom. The van der Waals surface area contributed by atoms with E-state index in [1.54, 1.807) is 13.8 Å². The number of piperidine rings is 1. The molecule has 2 heterocycles. The van der Waals surface area contributed by atoms with E-state index in [1.165, 1.54) is 12.7 Å². The van der Waals surface area contributed by atoms with Crippen LogP contribution in [0.15, 0.2) is 42.5 Å². The lowest BCUT2D eigenvalue weighted by atomic mass is 9.73. The zero-order valence-corrected chi connectivity index (χ0v) is 18.3. The van der Waals surface area contributed by atoms with Crippen LogP contribution in [0.4, 0.5) is 0 Å². The van der Waals surface area contributed by atoms with Gasteiger partial charge in [-0.15, -0.1) is 0 Å². The van der Waals surface area contributed by atoms with Crippen LogP contribution in [0.25, 0.3) is 0 Å². The Morgan fingerprint density at radius 1 is 1.27 bits per heavy atom. The molecule has 2 aliphatic rings. The highest BCUT2D eigenvalue weighted by molar-refractivity contribution is 6.13. The summed E-state index contributed by atoms with van der Waals surface area (Å²) in [7, 11) is 1.30. The lowest BCUT2D eigenvalue weighted by Gasteiger charge is -2.42. The van der Waals surface area contributed by atoms with Crippen molar-refractivity contribution in [1.82, 2.24) is 4.90 Å². The smallest absolute Gasteiger partial charge is 0.322 e. The Bertz CT molecular complexity index is 756. The zero-order valence-electron chi connectivity index (χ0n) is 18.3. The summed E-state index contributed by atoms with van der Waals surface area (Å²) in [6.07, 6.45) is 1.88. The second-order valence-electron chi connectivity index (χ2n) is 8.44. The highest BCUT2D eigenvalue weighted by Gasteiger charge is 2.54. The van der Waals surface area contributed by atoms with Gasteiger partial charge in [0, 0.05) is 25.2 Å². The number of hydrogen-bond acceptors (Lipinski definition) is 6. The van der Waals surface area contributed by atoms with E-state index in [0.29, 0.717) is 18.6 Å². The summed E-state index contributed by atoms with van der Waals surface area (Å²) in [6, 6.07) is 10.2. The molecule has 3 atom stereocenters. The number of carbonyl (C=O) groups is 2. The van der Waals surface area contributed by atoms with Crippen LogP contribution in [0, 0.1) is 5.41 Å². The van der Waals surface area contributed by atoms with Gasteiger partial charge in [0.05, 0.1) is 32.0 Å². The number of ketones is 1. The fourth-order valence-electron chi connectivity index (χ4n) is 4.31. The molecule has 2 fully saturated rings. The minimum atomic E-state index is -1.34. The number of Topliss-reactive ketones (excluding diaryl/α,β-unsaturated/α-hetero) is 1. The molecule has 0 spiro atoms. The Balaban J connectivity index is 1.50. The van der Waals surface area contributed by atoms with Crippen molar-refractivity contribution in [3.8, 4) is 0 Å². The van der Waals surface area contributed by atoms with Crippen molar-refractivity contribution in [2.75, 3.05) is 26.7 Å². The molecule has 30 heavy (non-hydrogen) atoms. The standard InChI is InChI=1S/C24H33NO5/c1-17-18(2)30-21(24(3,22(17)26)23(27)28-4)12-15-25-13-10-20(11-14-25)29-16-19-8-6-5-7-9-19/h5-9,18,20-21H,1,10-16H2,2-4H3/t18-,21+,24+/m0/s1. The largest absolute Gasteiger partial charge is 0.468 e. The summed E-state index contributed by atoms with van der Waals surface area (Å²) >= 11 is 0. The quantitative estimate of drug-likeness (QED) is 0.387. The first kappa shape index (κ1) is 22.7. The van der Waals surface area contributed by atoms with Gasteiger partial charge in [-0.2, -0.15) is 0 Å². The molecule has 6 heteroatoms. The van der Waals surface area contributed by atoms with Crippen LogP contribution in [0.3, 0.4) is 0 Å². The van der Waals surface area contributed by atoms with E-state index in [1.807, 2.05) is 18.2 Å². The van der Waals surface area contributed by atoms with Gasteiger partial charge in [0.1, 0.15) is 0 Å². The van der Waals surface area contributed by atoms with Gasteiger partial charge in [-0.05, 0) is 38.7 Å². The maximum atomic E-state index is 12.8. The monoisotopic (exact) mass is 415 g/mol. The van der Waals surface area contributed by atoms with Gasteiger partial charge in [0.25, 0.3) is 0 Å². The number of ether oxygens (including phenoxy) is 3. The van der Waals surface area contributed by atoms with E-state index in [-0.39, 0.29) is 11.9 Å².